The Kier molecular flexibility index (Phi) is 12.2. The van der Waals surface area contributed by atoms with Crippen molar-refractivity contribution in [3.05, 3.63) is 228 Å². The zero-order valence-electron chi connectivity index (χ0n) is 48.4. The van der Waals surface area contributed by atoms with Gasteiger partial charge in [-0.3, -0.25) is 0 Å². The lowest BCUT2D eigenvalue weighted by Gasteiger charge is -2.48. The molecule has 12 rings (SSSR count). The molecule has 1 aliphatic carbocycles. The van der Waals surface area contributed by atoms with Crippen LogP contribution in [0.3, 0.4) is 0 Å². The van der Waals surface area contributed by atoms with Crippen LogP contribution in [0.2, 0.25) is 0 Å². The standard InChI is InChI=1S/C74H76BN3/c1-70(2,3)51-31-26-36-56(41-51)77-64-44-52(71(4,5)6)37-38-62(64)75-63-47-60-61(74(12,13)40-39-73(60,10)11)48-65(63)78(67-46-57(45-66(77)68(67)75)76(54-32-22-16-23-33-54)55-34-24-17-25-35-55)69-58(49-27-18-14-19-28-49)42-53(72(7,8)9)43-59(69)50-29-20-15-21-30-50/h14-38,41-48H,39-40H2,1-13H3. The van der Waals surface area contributed by atoms with Gasteiger partial charge in [0.15, 0.2) is 0 Å². The summed E-state index contributed by atoms with van der Waals surface area (Å²) in [6, 6.07) is 76.6. The minimum atomic E-state index is -0.131. The molecule has 0 bridgehead atoms. The normalized spacial score (nSPS) is 15.3. The van der Waals surface area contributed by atoms with Gasteiger partial charge in [-0.1, -0.05) is 217 Å². The maximum atomic E-state index is 2.75. The van der Waals surface area contributed by atoms with E-state index in [2.05, 4.69) is 305 Å². The molecule has 2 aliphatic heterocycles. The van der Waals surface area contributed by atoms with Crippen molar-refractivity contribution < 1.29 is 0 Å². The molecule has 0 spiro atoms. The van der Waals surface area contributed by atoms with Crippen molar-refractivity contribution in [2.24, 2.45) is 0 Å². The molecule has 0 saturated heterocycles. The Morgan fingerprint density at radius 1 is 0.385 bits per heavy atom. The fourth-order valence-corrected chi connectivity index (χ4v) is 12.8. The first-order chi connectivity index (χ1) is 37.1. The van der Waals surface area contributed by atoms with E-state index in [1.54, 1.807) is 0 Å². The molecule has 4 heteroatoms. The van der Waals surface area contributed by atoms with Crippen molar-refractivity contribution in [2.45, 2.75) is 130 Å². The van der Waals surface area contributed by atoms with Crippen LogP contribution in [0.5, 0.6) is 0 Å². The van der Waals surface area contributed by atoms with Crippen molar-refractivity contribution >= 4 is 74.3 Å². The molecular weight excluding hydrogens is 942 g/mol. The topological polar surface area (TPSA) is 9.72 Å². The molecule has 78 heavy (non-hydrogen) atoms. The first kappa shape index (κ1) is 51.2. The van der Waals surface area contributed by atoms with E-state index >= 15 is 0 Å². The highest BCUT2D eigenvalue weighted by atomic mass is 15.2. The van der Waals surface area contributed by atoms with Crippen LogP contribution in [-0.4, -0.2) is 6.71 Å². The fourth-order valence-electron chi connectivity index (χ4n) is 12.8. The molecule has 3 aliphatic rings. The van der Waals surface area contributed by atoms with Gasteiger partial charge in [-0.2, -0.15) is 0 Å². The van der Waals surface area contributed by atoms with Crippen molar-refractivity contribution in [1.29, 1.82) is 0 Å². The summed E-state index contributed by atoms with van der Waals surface area (Å²) in [6.45, 7) is 31.0. The molecule has 0 atom stereocenters. The Labute approximate surface area is 466 Å². The summed E-state index contributed by atoms with van der Waals surface area (Å²) in [7, 11) is 0. The molecule has 9 aromatic rings. The van der Waals surface area contributed by atoms with Gasteiger partial charge in [-0.05, 0) is 168 Å². The van der Waals surface area contributed by atoms with Gasteiger partial charge >= 0.3 is 0 Å². The molecule has 2 heterocycles. The van der Waals surface area contributed by atoms with Gasteiger partial charge in [0.1, 0.15) is 0 Å². The number of para-hydroxylation sites is 2. The first-order valence-corrected chi connectivity index (χ1v) is 28.5. The van der Waals surface area contributed by atoms with Crippen LogP contribution in [0.1, 0.15) is 131 Å². The van der Waals surface area contributed by atoms with E-state index < -0.39 is 0 Å². The number of hydrogen-bond acceptors (Lipinski definition) is 3. The van der Waals surface area contributed by atoms with Gasteiger partial charge in [-0.15, -0.1) is 0 Å². The van der Waals surface area contributed by atoms with Crippen molar-refractivity contribution in [3.8, 4) is 22.3 Å². The number of rotatable bonds is 7. The summed E-state index contributed by atoms with van der Waals surface area (Å²) in [5.74, 6) is 0. The minimum Gasteiger partial charge on any atom is -0.311 e. The van der Waals surface area contributed by atoms with Crippen molar-refractivity contribution in [2.75, 3.05) is 14.7 Å². The van der Waals surface area contributed by atoms with E-state index in [1.807, 2.05) is 0 Å². The summed E-state index contributed by atoms with van der Waals surface area (Å²) < 4.78 is 0. The lowest BCUT2D eigenvalue weighted by molar-refractivity contribution is 0.332. The van der Waals surface area contributed by atoms with E-state index in [0.717, 1.165) is 35.6 Å². The van der Waals surface area contributed by atoms with Crippen molar-refractivity contribution in [3.63, 3.8) is 0 Å². The van der Waals surface area contributed by atoms with Crippen molar-refractivity contribution in [1.82, 2.24) is 0 Å². The second kappa shape index (κ2) is 18.5. The zero-order chi connectivity index (χ0) is 54.7. The van der Waals surface area contributed by atoms with Gasteiger partial charge in [-0.25, -0.2) is 0 Å². The maximum Gasteiger partial charge on any atom is 0.252 e. The second-order valence-electron chi connectivity index (χ2n) is 27.0. The molecule has 0 radical (unpaired) electrons. The van der Waals surface area contributed by atoms with Crippen LogP contribution in [0, 0.1) is 0 Å². The Morgan fingerprint density at radius 3 is 1.36 bits per heavy atom. The third-order valence-electron chi connectivity index (χ3n) is 17.5. The Morgan fingerprint density at radius 2 is 0.846 bits per heavy atom. The Balaban J connectivity index is 1.31. The number of anilines is 9. The highest BCUT2D eigenvalue weighted by Crippen LogP contribution is 2.55. The molecule has 0 N–H and O–H groups in total. The Hall–Kier alpha value is -7.56. The molecule has 9 aromatic carbocycles. The Bertz CT molecular complexity index is 3640. The summed E-state index contributed by atoms with van der Waals surface area (Å²) in [6.07, 6.45) is 2.25. The smallest absolute Gasteiger partial charge is 0.252 e. The van der Waals surface area contributed by atoms with E-state index in [1.165, 1.54) is 94.9 Å². The lowest BCUT2D eigenvalue weighted by atomic mass is 9.33. The van der Waals surface area contributed by atoms with Crippen LogP contribution in [0.15, 0.2) is 200 Å². The molecule has 0 amide bonds. The fraction of sp³-hybridized carbons (Fsp3) is 0.270. The molecule has 390 valence electrons. The molecule has 0 saturated carbocycles. The summed E-state index contributed by atoms with van der Waals surface area (Å²) >= 11 is 0. The highest BCUT2D eigenvalue weighted by Gasteiger charge is 2.48. The predicted molar refractivity (Wildman–Crippen MR) is 337 cm³/mol. The minimum absolute atomic E-state index is 0.0185. The van der Waals surface area contributed by atoms with E-state index in [4.69, 9.17) is 0 Å². The molecule has 0 unspecified atom stereocenters. The van der Waals surface area contributed by atoms with Gasteiger partial charge in [0.05, 0.1) is 11.4 Å². The second-order valence-corrected chi connectivity index (χ2v) is 27.0. The third kappa shape index (κ3) is 8.77. The molecule has 3 nitrogen and oxygen atoms in total. The number of hydrogen-bond donors (Lipinski definition) is 0. The monoisotopic (exact) mass is 1020 g/mol. The summed E-state index contributed by atoms with van der Waals surface area (Å²) in [5.41, 5.74) is 25.8. The van der Waals surface area contributed by atoms with E-state index in [0.29, 0.717) is 0 Å². The van der Waals surface area contributed by atoms with E-state index in [9.17, 15) is 0 Å². The van der Waals surface area contributed by atoms with Crippen LogP contribution in [0.25, 0.3) is 22.3 Å². The van der Waals surface area contributed by atoms with Crippen LogP contribution in [0.4, 0.5) is 51.2 Å². The number of benzene rings is 9. The number of nitrogens with zero attached hydrogens (tertiary/aromatic N) is 3. The average Bonchev–Trinajstić information content (AvgIpc) is 2.39. The highest BCUT2D eigenvalue weighted by molar-refractivity contribution is 7.00. The molecule has 0 fully saturated rings. The average molecular weight is 1020 g/mol. The van der Waals surface area contributed by atoms with E-state index in [-0.39, 0.29) is 33.8 Å². The largest absolute Gasteiger partial charge is 0.311 e. The van der Waals surface area contributed by atoms with Gasteiger partial charge in [0.2, 0.25) is 0 Å². The summed E-state index contributed by atoms with van der Waals surface area (Å²) in [4.78, 5) is 7.86. The zero-order valence-corrected chi connectivity index (χ0v) is 48.4. The van der Waals surface area contributed by atoms with Crippen LogP contribution < -0.4 is 31.1 Å². The SMILES string of the molecule is CC(C)(C)c1cccc(N2c3cc(C(C)(C)C)ccc3B3c4cc5c(cc4N(c4c(-c6ccccc6)cc(C(C)(C)C)cc4-c4ccccc4)c4cc(N(c6ccccc6)c6ccccc6)cc2c43)C(C)(C)CCC5(C)C)c1. The van der Waals surface area contributed by atoms with Gasteiger partial charge in [0, 0.05) is 50.9 Å². The quantitative estimate of drug-likeness (QED) is 0.147. The molecule has 0 aromatic heterocycles. The van der Waals surface area contributed by atoms with Gasteiger partial charge in [0.25, 0.3) is 6.71 Å². The number of fused-ring (bicyclic) bond motifs is 5. The first-order valence-electron chi connectivity index (χ1n) is 28.5. The predicted octanol–water partition coefficient (Wildman–Crippen LogP) is 18.8. The van der Waals surface area contributed by atoms with Gasteiger partial charge < -0.3 is 14.7 Å². The maximum absolute atomic E-state index is 2.75. The third-order valence-corrected chi connectivity index (χ3v) is 17.5. The lowest BCUT2D eigenvalue weighted by Crippen LogP contribution is -2.62. The summed E-state index contributed by atoms with van der Waals surface area (Å²) in [5, 5.41) is 0. The van der Waals surface area contributed by atoms with Crippen LogP contribution >= 0.6 is 0 Å². The molecular formula is C74H76BN3. The van der Waals surface area contributed by atoms with Crippen LogP contribution in [-0.2, 0) is 27.1 Å².